The van der Waals surface area contributed by atoms with E-state index in [0.29, 0.717) is 6.42 Å². The molecule has 1 unspecified atom stereocenters. The van der Waals surface area contributed by atoms with Crippen LogP contribution in [0.1, 0.15) is 40.5 Å². The van der Waals surface area contributed by atoms with Gasteiger partial charge in [0.05, 0.1) is 5.54 Å². The van der Waals surface area contributed by atoms with E-state index in [1.807, 2.05) is 0 Å². The second kappa shape index (κ2) is 5.93. The van der Waals surface area contributed by atoms with Crippen molar-refractivity contribution in [3.05, 3.63) is 0 Å². The maximum absolute atomic E-state index is 11.2. The molecule has 0 radical (unpaired) electrons. The molecule has 4 nitrogen and oxygen atoms in total. The largest absolute Gasteiger partial charge is 0.416 e. The molecule has 1 heterocycles. The standard InChI is InChI=1S/C14H30N2O2Si/c1-13(2,3)19(5,6)18-10-9-15-11-14(4)8-7-12(17)16-14/h15H,7-11H2,1-6H3,(H,16,17). The molecular weight excluding hydrogens is 256 g/mol. The summed E-state index contributed by atoms with van der Waals surface area (Å²) in [5.74, 6) is 0.168. The zero-order valence-corrected chi connectivity index (χ0v) is 14.4. The number of amides is 1. The first-order valence-electron chi connectivity index (χ1n) is 7.21. The van der Waals surface area contributed by atoms with Crippen molar-refractivity contribution in [1.82, 2.24) is 10.6 Å². The monoisotopic (exact) mass is 286 g/mol. The predicted octanol–water partition coefficient (Wildman–Crippen LogP) is 2.27. The molecule has 5 heteroatoms. The molecule has 1 amide bonds. The molecule has 0 spiro atoms. The Balaban J connectivity index is 2.20. The molecule has 2 N–H and O–H groups in total. The summed E-state index contributed by atoms with van der Waals surface area (Å²) >= 11 is 0. The Morgan fingerprint density at radius 2 is 2.05 bits per heavy atom. The van der Waals surface area contributed by atoms with Gasteiger partial charge >= 0.3 is 0 Å². The summed E-state index contributed by atoms with van der Waals surface area (Å²) in [7, 11) is -1.63. The van der Waals surface area contributed by atoms with Crippen LogP contribution in [0.3, 0.4) is 0 Å². The molecule has 1 aliphatic rings. The van der Waals surface area contributed by atoms with Crippen molar-refractivity contribution in [1.29, 1.82) is 0 Å². The lowest BCUT2D eigenvalue weighted by molar-refractivity contribution is -0.119. The second-order valence-corrected chi connectivity index (χ2v) is 12.2. The molecule has 0 aromatic carbocycles. The van der Waals surface area contributed by atoms with E-state index >= 15 is 0 Å². The molecule has 0 aromatic heterocycles. The van der Waals surface area contributed by atoms with Crippen LogP contribution >= 0.6 is 0 Å². The summed E-state index contributed by atoms with van der Waals surface area (Å²) < 4.78 is 6.10. The summed E-state index contributed by atoms with van der Waals surface area (Å²) in [6.45, 7) is 15.8. The van der Waals surface area contributed by atoms with Gasteiger partial charge in [-0.1, -0.05) is 20.8 Å². The van der Waals surface area contributed by atoms with Crippen molar-refractivity contribution in [2.75, 3.05) is 19.7 Å². The highest BCUT2D eigenvalue weighted by Crippen LogP contribution is 2.36. The Morgan fingerprint density at radius 1 is 1.42 bits per heavy atom. The molecule has 1 rings (SSSR count). The Hall–Kier alpha value is -0.393. The normalized spacial score (nSPS) is 24.6. The van der Waals surface area contributed by atoms with E-state index in [1.165, 1.54) is 0 Å². The molecule has 0 aromatic rings. The van der Waals surface area contributed by atoms with Gasteiger partial charge in [0.1, 0.15) is 0 Å². The van der Waals surface area contributed by atoms with Crippen LogP contribution in [0, 0.1) is 0 Å². The van der Waals surface area contributed by atoms with Gasteiger partial charge in [0.15, 0.2) is 8.32 Å². The molecular formula is C14H30N2O2Si. The van der Waals surface area contributed by atoms with Crippen LogP contribution in [-0.4, -0.2) is 39.5 Å². The summed E-state index contributed by atoms with van der Waals surface area (Å²) in [5, 5.41) is 6.69. The van der Waals surface area contributed by atoms with Crippen molar-refractivity contribution in [2.24, 2.45) is 0 Å². The van der Waals surface area contributed by atoms with E-state index in [9.17, 15) is 4.79 Å². The predicted molar refractivity (Wildman–Crippen MR) is 81.8 cm³/mol. The highest BCUT2D eigenvalue weighted by Gasteiger charge is 2.37. The minimum atomic E-state index is -1.63. The number of hydrogen-bond donors (Lipinski definition) is 2. The molecule has 0 aliphatic carbocycles. The van der Waals surface area contributed by atoms with Crippen LogP contribution in [0.15, 0.2) is 0 Å². The van der Waals surface area contributed by atoms with E-state index in [1.54, 1.807) is 0 Å². The Bertz CT molecular complexity index is 326. The fraction of sp³-hybridized carbons (Fsp3) is 0.929. The van der Waals surface area contributed by atoms with E-state index < -0.39 is 8.32 Å². The summed E-state index contributed by atoms with van der Waals surface area (Å²) in [6.07, 6.45) is 1.57. The minimum Gasteiger partial charge on any atom is -0.416 e. The quantitative estimate of drug-likeness (QED) is 0.582. The molecule has 19 heavy (non-hydrogen) atoms. The van der Waals surface area contributed by atoms with E-state index in [0.717, 1.165) is 26.1 Å². The van der Waals surface area contributed by atoms with Gasteiger partial charge in [-0.2, -0.15) is 0 Å². The van der Waals surface area contributed by atoms with Crippen molar-refractivity contribution < 1.29 is 9.22 Å². The summed E-state index contributed by atoms with van der Waals surface area (Å²) in [6, 6.07) is 0. The van der Waals surface area contributed by atoms with Crippen LogP contribution in [-0.2, 0) is 9.22 Å². The third kappa shape index (κ3) is 4.89. The van der Waals surface area contributed by atoms with Crippen LogP contribution in [0.4, 0.5) is 0 Å². The first kappa shape index (κ1) is 16.7. The van der Waals surface area contributed by atoms with E-state index in [2.05, 4.69) is 51.4 Å². The molecule has 1 aliphatic heterocycles. The van der Waals surface area contributed by atoms with Crippen LogP contribution in [0.25, 0.3) is 0 Å². The number of hydrogen-bond acceptors (Lipinski definition) is 3. The lowest BCUT2D eigenvalue weighted by atomic mass is 10.0. The molecule has 112 valence electrons. The van der Waals surface area contributed by atoms with E-state index in [-0.39, 0.29) is 16.5 Å². The molecule has 1 saturated heterocycles. The first-order chi connectivity index (χ1) is 8.56. The van der Waals surface area contributed by atoms with Gasteiger partial charge < -0.3 is 15.1 Å². The third-order valence-corrected chi connectivity index (χ3v) is 8.95. The maximum Gasteiger partial charge on any atom is 0.220 e. The van der Waals surface area contributed by atoms with Crippen molar-refractivity contribution in [2.45, 2.75) is 64.2 Å². The van der Waals surface area contributed by atoms with Gasteiger partial charge in [-0.15, -0.1) is 0 Å². The Labute approximate surface area is 118 Å². The summed E-state index contributed by atoms with van der Waals surface area (Å²) in [4.78, 5) is 11.2. The third-order valence-electron chi connectivity index (χ3n) is 4.41. The SMILES string of the molecule is CC1(CNCCO[Si](C)(C)C(C)(C)C)CCC(=O)N1. The van der Waals surface area contributed by atoms with Crippen LogP contribution < -0.4 is 10.6 Å². The van der Waals surface area contributed by atoms with Gasteiger partial charge in [-0.25, -0.2) is 0 Å². The fourth-order valence-electron chi connectivity index (χ4n) is 1.94. The highest BCUT2D eigenvalue weighted by atomic mass is 28.4. The van der Waals surface area contributed by atoms with Crippen molar-refractivity contribution in [3.63, 3.8) is 0 Å². The number of carbonyl (C=O) groups is 1. The molecule has 1 atom stereocenters. The lowest BCUT2D eigenvalue weighted by Gasteiger charge is -2.36. The average molecular weight is 286 g/mol. The fourth-order valence-corrected chi connectivity index (χ4v) is 2.99. The number of nitrogens with one attached hydrogen (secondary N) is 2. The zero-order valence-electron chi connectivity index (χ0n) is 13.4. The van der Waals surface area contributed by atoms with Crippen molar-refractivity contribution in [3.8, 4) is 0 Å². The average Bonchev–Trinajstić information content (AvgIpc) is 2.56. The van der Waals surface area contributed by atoms with Crippen molar-refractivity contribution >= 4 is 14.2 Å². The number of carbonyl (C=O) groups excluding carboxylic acids is 1. The lowest BCUT2D eigenvalue weighted by Crippen LogP contribution is -2.48. The maximum atomic E-state index is 11.2. The molecule has 0 bridgehead atoms. The molecule has 1 fully saturated rings. The smallest absolute Gasteiger partial charge is 0.220 e. The number of rotatable bonds is 6. The van der Waals surface area contributed by atoms with Gasteiger partial charge in [-0.3, -0.25) is 4.79 Å². The topological polar surface area (TPSA) is 50.4 Å². The second-order valence-electron chi connectivity index (χ2n) is 7.39. The van der Waals surface area contributed by atoms with Crippen LogP contribution in [0.5, 0.6) is 0 Å². The van der Waals surface area contributed by atoms with Gasteiger partial charge in [0.25, 0.3) is 0 Å². The van der Waals surface area contributed by atoms with E-state index in [4.69, 9.17) is 4.43 Å². The summed E-state index contributed by atoms with van der Waals surface area (Å²) in [5.41, 5.74) is -0.0753. The zero-order chi connectivity index (χ0) is 14.7. The van der Waals surface area contributed by atoms with Gasteiger partial charge in [0.2, 0.25) is 5.91 Å². The Morgan fingerprint density at radius 3 is 2.53 bits per heavy atom. The van der Waals surface area contributed by atoms with Gasteiger partial charge in [-0.05, 0) is 31.5 Å². The Kier molecular flexibility index (Phi) is 5.20. The minimum absolute atomic E-state index is 0.0753. The van der Waals surface area contributed by atoms with Gasteiger partial charge in [0, 0.05) is 26.1 Å². The molecule has 0 saturated carbocycles. The first-order valence-corrected chi connectivity index (χ1v) is 10.1. The van der Waals surface area contributed by atoms with Crippen LogP contribution in [0.2, 0.25) is 18.1 Å². The highest BCUT2D eigenvalue weighted by molar-refractivity contribution is 6.74.